The summed E-state index contributed by atoms with van der Waals surface area (Å²) in [4.78, 5) is 31.0. The SMILES string of the molecule is CN1CCN(c2ccc(C(=O)Cc3cc4nc(-c5cn(C)nn5)ccc4cn3)cn2)CC1. The van der Waals surface area contributed by atoms with Gasteiger partial charge in [0, 0.05) is 56.6 Å². The van der Waals surface area contributed by atoms with Gasteiger partial charge in [-0.25, -0.2) is 9.97 Å². The molecule has 0 aliphatic carbocycles. The molecule has 162 valence electrons. The number of Topliss-reactive ketones (excluding diaryl/α,β-unsaturated/α-hetero) is 1. The summed E-state index contributed by atoms with van der Waals surface area (Å²) in [6.45, 7) is 3.92. The number of carbonyl (C=O) groups is 1. The Bertz CT molecular complexity index is 1260. The van der Waals surface area contributed by atoms with Gasteiger partial charge in [0.25, 0.3) is 0 Å². The Kier molecular flexibility index (Phi) is 5.32. The second-order valence-corrected chi connectivity index (χ2v) is 8.14. The van der Waals surface area contributed by atoms with Crippen LogP contribution in [0.4, 0.5) is 5.82 Å². The van der Waals surface area contributed by atoms with Crippen molar-refractivity contribution < 1.29 is 4.79 Å². The fourth-order valence-corrected chi connectivity index (χ4v) is 3.80. The minimum atomic E-state index is -0.0145. The number of fused-ring (bicyclic) bond motifs is 1. The van der Waals surface area contributed by atoms with Gasteiger partial charge in [-0.15, -0.1) is 5.10 Å². The zero-order chi connectivity index (χ0) is 22.1. The molecule has 0 aromatic carbocycles. The largest absolute Gasteiger partial charge is 0.354 e. The smallest absolute Gasteiger partial charge is 0.170 e. The molecule has 5 heterocycles. The first-order valence-electron chi connectivity index (χ1n) is 10.6. The molecule has 0 unspecified atom stereocenters. The molecular weight excluding hydrogens is 404 g/mol. The summed E-state index contributed by atoms with van der Waals surface area (Å²) in [6.07, 6.45) is 5.43. The number of hydrogen-bond donors (Lipinski definition) is 0. The van der Waals surface area contributed by atoms with E-state index in [1.807, 2.05) is 43.6 Å². The van der Waals surface area contributed by atoms with Crippen LogP contribution in [-0.4, -0.2) is 73.9 Å². The van der Waals surface area contributed by atoms with Crippen LogP contribution >= 0.6 is 0 Å². The van der Waals surface area contributed by atoms with E-state index in [2.05, 4.69) is 42.1 Å². The third kappa shape index (κ3) is 4.19. The quantitative estimate of drug-likeness (QED) is 0.446. The molecule has 4 aromatic rings. The zero-order valence-corrected chi connectivity index (χ0v) is 18.1. The fourth-order valence-electron chi connectivity index (χ4n) is 3.80. The molecule has 0 saturated carbocycles. The predicted octanol–water partition coefficient (Wildman–Crippen LogP) is 2.00. The number of anilines is 1. The highest BCUT2D eigenvalue weighted by molar-refractivity contribution is 5.97. The van der Waals surface area contributed by atoms with Crippen LogP contribution < -0.4 is 4.90 Å². The number of aryl methyl sites for hydroxylation is 1. The van der Waals surface area contributed by atoms with Gasteiger partial charge in [-0.2, -0.15) is 0 Å². The Hall–Kier alpha value is -3.72. The summed E-state index contributed by atoms with van der Waals surface area (Å²) in [7, 11) is 3.94. The summed E-state index contributed by atoms with van der Waals surface area (Å²) in [5, 5.41) is 8.99. The lowest BCUT2D eigenvalue weighted by molar-refractivity contribution is 0.0991. The molecule has 5 rings (SSSR count). The molecular formula is C23H24N8O. The number of nitrogens with zero attached hydrogens (tertiary/aromatic N) is 8. The lowest BCUT2D eigenvalue weighted by atomic mass is 10.1. The maximum atomic E-state index is 12.8. The number of aromatic nitrogens is 6. The molecule has 0 N–H and O–H groups in total. The molecule has 1 aliphatic rings. The monoisotopic (exact) mass is 428 g/mol. The lowest BCUT2D eigenvalue weighted by Gasteiger charge is -2.33. The van der Waals surface area contributed by atoms with Crippen LogP contribution in [-0.2, 0) is 13.5 Å². The number of piperazine rings is 1. The predicted molar refractivity (Wildman–Crippen MR) is 122 cm³/mol. The Labute approximate surface area is 185 Å². The summed E-state index contributed by atoms with van der Waals surface area (Å²) < 4.78 is 1.64. The van der Waals surface area contributed by atoms with E-state index in [0.717, 1.165) is 48.6 Å². The standard InChI is InChI=1S/C23H24N8O/c1-29-7-9-31(10-8-29)23-6-4-17(14-25-23)22(32)12-18-11-20-16(13-24-18)3-5-19(26-20)21-15-30(2)28-27-21/h3-6,11,13-15H,7-10,12H2,1-2H3. The van der Waals surface area contributed by atoms with Crippen molar-refractivity contribution in [1.29, 1.82) is 0 Å². The van der Waals surface area contributed by atoms with E-state index in [1.54, 1.807) is 17.1 Å². The van der Waals surface area contributed by atoms with Gasteiger partial charge < -0.3 is 9.80 Å². The van der Waals surface area contributed by atoms with E-state index in [0.29, 0.717) is 17.0 Å². The molecule has 0 amide bonds. The van der Waals surface area contributed by atoms with Gasteiger partial charge in [0.2, 0.25) is 0 Å². The first-order chi connectivity index (χ1) is 15.5. The summed E-state index contributed by atoms with van der Waals surface area (Å²) in [5.74, 6) is 0.901. The van der Waals surface area contributed by atoms with Crippen molar-refractivity contribution in [2.45, 2.75) is 6.42 Å². The summed E-state index contributed by atoms with van der Waals surface area (Å²) in [5.41, 5.74) is 3.48. The molecule has 9 nitrogen and oxygen atoms in total. The third-order valence-corrected chi connectivity index (χ3v) is 5.73. The number of ketones is 1. The molecule has 0 atom stereocenters. The van der Waals surface area contributed by atoms with E-state index < -0.39 is 0 Å². The molecule has 0 radical (unpaired) electrons. The van der Waals surface area contributed by atoms with Crippen LogP contribution in [0.1, 0.15) is 16.1 Å². The third-order valence-electron chi connectivity index (χ3n) is 5.73. The van der Waals surface area contributed by atoms with Crippen molar-refractivity contribution in [3.05, 3.63) is 60.2 Å². The minimum absolute atomic E-state index is 0.0145. The highest BCUT2D eigenvalue weighted by Crippen LogP contribution is 2.20. The number of carbonyl (C=O) groups excluding carboxylic acids is 1. The molecule has 32 heavy (non-hydrogen) atoms. The first kappa shape index (κ1) is 20.2. The minimum Gasteiger partial charge on any atom is -0.354 e. The van der Waals surface area contributed by atoms with Crippen LogP contribution in [0.2, 0.25) is 0 Å². The number of likely N-dealkylation sites (N-methyl/N-ethyl adjacent to an activating group) is 1. The highest BCUT2D eigenvalue weighted by atomic mass is 16.1. The van der Waals surface area contributed by atoms with E-state index in [1.165, 1.54) is 0 Å². The van der Waals surface area contributed by atoms with Gasteiger partial charge in [0.1, 0.15) is 11.5 Å². The van der Waals surface area contributed by atoms with Crippen molar-refractivity contribution in [3.63, 3.8) is 0 Å². The van der Waals surface area contributed by atoms with Crippen LogP contribution in [0.5, 0.6) is 0 Å². The normalized spacial score (nSPS) is 14.8. The van der Waals surface area contributed by atoms with Gasteiger partial charge in [0.15, 0.2) is 5.78 Å². The van der Waals surface area contributed by atoms with Crippen molar-refractivity contribution in [3.8, 4) is 11.4 Å². The van der Waals surface area contributed by atoms with Crippen LogP contribution in [0.15, 0.2) is 48.9 Å². The van der Waals surface area contributed by atoms with Crippen molar-refractivity contribution >= 4 is 22.5 Å². The molecule has 9 heteroatoms. The van der Waals surface area contributed by atoms with Gasteiger partial charge in [-0.3, -0.25) is 14.5 Å². The van der Waals surface area contributed by atoms with E-state index in [-0.39, 0.29) is 12.2 Å². The summed E-state index contributed by atoms with van der Waals surface area (Å²) in [6, 6.07) is 9.49. The Morgan fingerprint density at radius 2 is 1.81 bits per heavy atom. The molecule has 0 spiro atoms. The van der Waals surface area contributed by atoms with Crippen molar-refractivity contribution in [2.24, 2.45) is 7.05 Å². The average molecular weight is 429 g/mol. The fraction of sp³-hybridized carbons (Fsp3) is 0.304. The lowest BCUT2D eigenvalue weighted by Crippen LogP contribution is -2.44. The van der Waals surface area contributed by atoms with E-state index in [9.17, 15) is 4.79 Å². The van der Waals surface area contributed by atoms with E-state index >= 15 is 0 Å². The van der Waals surface area contributed by atoms with Gasteiger partial charge in [-0.1, -0.05) is 5.21 Å². The zero-order valence-electron chi connectivity index (χ0n) is 18.1. The number of pyridine rings is 3. The molecule has 1 fully saturated rings. The molecule has 0 bridgehead atoms. The van der Waals surface area contributed by atoms with Gasteiger partial charge in [-0.05, 0) is 37.4 Å². The Balaban J connectivity index is 1.31. The van der Waals surface area contributed by atoms with Crippen LogP contribution in [0, 0.1) is 0 Å². The maximum absolute atomic E-state index is 12.8. The maximum Gasteiger partial charge on any atom is 0.170 e. The van der Waals surface area contributed by atoms with Gasteiger partial charge in [0.05, 0.1) is 29.5 Å². The Morgan fingerprint density at radius 3 is 2.53 bits per heavy atom. The van der Waals surface area contributed by atoms with Gasteiger partial charge >= 0.3 is 0 Å². The topological polar surface area (TPSA) is 92.9 Å². The second-order valence-electron chi connectivity index (χ2n) is 8.14. The van der Waals surface area contributed by atoms with Crippen LogP contribution in [0.3, 0.4) is 0 Å². The van der Waals surface area contributed by atoms with Crippen LogP contribution in [0.25, 0.3) is 22.3 Å². The molecule has 1 aliphatic heterocycles. The van der Waals surface area contributed by atoms with Crippen molar-refractivity contribution in [2.75, 3.05) is 38.1 Å². The first-order valence-corrected chi connectivity index (χ1v) is 10.6. The molecule has 1 saturated heterocycles. The number of hydrogen-bond acceptors (Lipinski definition) is 8. The number of rotatable bonds is 5. The Morgan fingerprint density at radius 1 is 0.969 bits per heavy atom. The summed E-state index contributed by atoms with van der Waals surface area (Å²) >= 11 is 0. The highest BCUT2D eigenvalue weighted by Gasteiger charge is 2.16. The average Bonchev–Trinajstić information content (AvgIpc) is 3.25. The van der Waals surface area contributed by atoms with Crippen molar-refractivity contribution in [1.82, 2.24) is 34.8 Å². The van der Waals surface area contributed by atoms with E-state index in [4.69, 9.17) is 0 Å². The molecule has 4 aromatic heterocycles. The second kappa shape index (κ2) is 8.43.